The second-order valence-corrected chi connectivity index (χ2v) is 6.35. The first kappa shape index (κ1) is 20.3. The summed E-state index contributed by atoms with van der Waals surface area (Å²) in [6, 6.07) is 0. The quantitative estimate of drug-likeness (QED) is 0.364. The largest absolute Gasteiger partial charge is 0.550 e. The SMILES string of the molecule is CCCC=CC=CC=CC(=O)C(O)(CC(=O)[O-])C[N+](C)(C)C. The second kappa shape index (κ2) is 9.33. The van der Waals surface area contributed by atoms with E-state index in [1.807, 2.05) is 12.2 Å². The molecule has 0 saturated heterocycles. The minimum Gasteiger partial charge on any atom is -0.550 e. The molecule has 0 saturated carbocycles. The molecule has 1 N–H and O–H groups in total. The van der Waals surface area contributed by atoms with Crippen molar-refractivity contribution in [2.75, 3.05) is 27.7 Å². The van der Waals surface area contributed by atoms with Crippen LogP contribution in [0.5, 0.6) is 0 Å². The molecule has 1 atom stereocenters. The van der Waals surface area contributed by atoms with Crippen LogP contribution >= 0.6 is 0 Å². The van der Waals surface area contributed by atoms with Crippen molar-refractivity contribution in [3.05, 3.63) is 36.5 Å². The van der Waals surface area contributed by atoms with Gasteiger partial charge in [0.05, 0.1) is 21.1 Å². The Bertz CT molecular complexity index is 458. The number of unbranched alkanes of at least 4 members (excludes halogenated alkanes) is 1. The maximum absolute atomic E-state index is 12.1. The lowest BCUT2D eigenvalue weighted by atomic mass is 9.92. The van der Waals surface area contributed by atoms with Crippen molar-refractivity contribution in [3.63, 3.8) is 0 Å². The van der Waals surface area contributed by atoms with Crippen molar-refractivity contribution >= 4 is 11.8 Å². The summed E-state index contributed by atoms with van der Waals surface area (Å²) < 4.78 is 0.263. The van der Waals surface area contributed by atoms with Crippen LogP contribution in [0.3, 0.4) is 0 Å². The Kier molecular flexibility index (Phi) is 8.60. The third-order valence-corrected chi connectivity index (χ3v) is 2.80. The molecule has 0 bridgehead atoms. The van der Waals surface area contributed by atoms with Crippen LogP contribution in [0.15, 0.2) is 36.5 Å². The number of quaternary nitrogens is 1. The van der Waals surface area contributed by atoms with Gasteiger partial charge in [-0.3, -0.25) is 4.79 Å². The van der Waals surface area contributed by atoms with Crippen molar-refractivity contribution in [2.24, 2.45) is 0 Å². The summed E-state index contributed by atoms with van der Waals surface area (Å²) in [6.45, 7) is 2.07. The molecule has 5 heteroatoms. The van der Waals surface area contributed by atoms with Gasteiger partial charge in [-0.1, -0.05) is 43.7 Å². The van der Waals surface area contributed by atoms with Gasteiger partial charge in [0, 0.05) is 12.4 Å². The van der Waals surface area contributed by atoms with Crippen molar-refractivity contribution in [1.82, 2.24) is 0 Å². The normalized spacial score (nSPS) is 15.7. The summed E-state index contributed by atoms with van der Waals surface area (Å²) >= 11 is 0. The van der Waals surface area contributed by atoms with Gasteiger partial charge in [-0.25, -0.2) is 0 Å². The lowest BCUT2D eigenvalue weighted by Gasteiger charge is -2.34. The number of aliphatic hydroxyl groups is 1. The zero-order chi connectivity index (χ0) is 17.2. The van der Waals surface area contributed by atoms with E-state index in [0.29, 0.717) is 0 Å². The van der Waals surface area contributed by atoms with Crippen LogP contribution in [0.1, 0.15) is 26.2 Å². The lowest BCUT2D eigenvalue weighted by molar-refractivity contribution is -0.875. The number of nitrogens with zero attached hydrogens (tertiary/aromatic N) is 1. The van der Waals surface area contributed by atoms with Gasteiger partial charge in [-0.15, -0.1) is 0 Å². The average Bonchev–Trinajstić information content (AvgIpc) is 2.34. The first-order chi connectivity index (χ1) is 10.1. The zero-order valence-electron chi connectivity index (χ0n) is 13.9. The van der Waals surface area contributed by atoms with E-state index in [4.69, 9.17) is 0 Å². The molecule has 0 heterocycles. The minimum absolute atomic E-state index is 0.00965. The highest BCUT2D eigenvalue weighted by Gasteiger charge is 2.39. The van der Waals surface area contributed by atoms with Gasteiger partial charge in [0.1, 0.15) is 6.54 Å². The van der Waals surface area contributed by atoms with Crippen molar-refractivity contribution < 1.29 is 24.3 Å². The standard InChI is InChI=1S/C17H27NO4/c1-5-6-7-8-9-10-11-12-15(19)17(22,13-16(20)21)14-18(2,3)4/h7-12,22H,5-6,13-14H2,1-4H3. The zero-order valence-corrected chi connectivity index (χ0v) is 13.9. The number of carbonyl (C=O) groups excluding carboxylic acids is 2. The van der Waals surface area contributed by atoms with Crippen molar-refractivity contribution in [1.29, 1.82) is 0 Å². The van der Waals surface area contributed by atoms with Crippen LogP contribution in [-0.2, 0) is 9.59 Å². The molecule has 0 rings (SSSR count). The Balaban J connectivity index is 4.87. The molecule has 0 aromatic carbocycles. The third-order valence-electron chi connectivity index (χ3n) is 2.80. The summed E-state index contributed by atoms with van der Waals surface area (Å²) in [6.07, 6.45) is 11.4. The topological polar surface area (TPSA) is 77.4 Å². The van der Waals surface area contributed by atoms with Crippen LogP contribution < -0.4 is 5.11 Å². The number of hydrogen-bond acceptors (Lipinski definition) is 4. The van der Waals surface area contributed by atoms with Crippen molar-refractivity contribution in [3.8, 4) is 0 Å². The summed E-state index contributed by atoms with van der Waals surface area (Å²) in [4.78, 5) is 22.9. The Morgan fingerprint density at radius 2 is 1.73 bits per heavy atom. The third kappa shape index (κ3) is 9.26. The van der Waals surface area contributed by atoms with Gasteiger partial charge >= 0.3 is 0 Å². The predicted octanol–water partition coefficient (Wildman–Crippen LogP) is 0.602. The number of aliphatic carboxylic acids is 1. The Morgan fingerprint density at radius 3 is 2.23 bits per heavy atom. The first-order valence-corrected chi connectivity index (χ1v) is 7.38. The van der Waals surface area contributed by atoms with E-state index in [-0.39, 0.29) is 11.0 Å². The fourth-order valence-corrected chi connectivity index (χ4v) is 2.01. The number of ketones is 1. The van der Waals surface area contributed by atoms with Gasteiger partial charge < -0.3 is 19.5 Å². The molecule has 0 aromatic rings. The highest BCUT2D eigenvalue weighted by molar-refractivity contribution is 5.99. The fourth-order valence-electron chi connectivity index (χ4n) is 2.01. The van der Waals surface area contributed by atoms with Crippen LogP contribution in [0.25, 0.3) is 0 Å². The molecule has 0 fully saturated rings. The Morgan fingerprint density at radius 1 is 1.14 bits per heavy atom. The molecule has 0 radical (unpaired) electrons. The van der Waals surface area contributed by atoms with E-state index in [1.165, 1.54) is 12.2 Å². The maximum atomic E-state index is 12.1. The summed E-state index contributed by atoms with van der Waals surface area (Å²) in [7, 11) is 5.32. The number of carboxylic acid groups (broad SMARTS) is 1. The number of carbonyl (C=O) groups is 2. The molecule has 5 nitrogen and oxygen atoms in total. The number of hydrogen-bond donors (Lipinski definition) is 1. The minimum atomic E-state index is -1.96. The van der Waals surface area contributed by atoms with E-state index in [1.54, 1.807) is 33.3 Å². The molecule has 0 aromatic heterocycles. The number of allylic oxidation sites excluding steroid dienone is 5. The molecule has 0 spiro atoms. The van der Waals surface area contributed by atoms with E-state index in [2.05, 4.69) is 6.92 Å². The van der Waals surface area contributed by atoms with Gasteiger partial charge in [0.15, 0.2) is 11.4 Å². The molecule has 0 amide bonds. The van der Waals surface area contributed by atoms with Gasteiger partial charge in [0.25, 0.3) is 0 Å². The first-order valence-electron chi connectivity index (χ1n) is 7.38. The summed E-state index contributed by atoms with van der Waals surface area (Å²) in [5.74, 6) is -2.08. The smallest absolute Gasteiger partial charge is 0.193 e. The molecule has 0 aliphatic rings. The van der Waals surface area contributed by atoms with Crippen LogP contribution in [-0.4, -0.2) is 54.6 Å². The predicted molar refractivity (Wildman–Crippen MR) is 84.8 cm³/mol. The molecule has 1 unspecified atom stereocenters. The molecule has 124 valence electrons. The molecule has 22 heavy (non-hydrogen) atoms. The van der Waals surface area contributed by atoms with Crippen LogP contribution in [0, 0.1) is 0 Å². The molecular weight excluding hydrogens is 282 g/mol. The Labute approximate surface area is 132 Å². The van der Waals surface area contributed by atoms with E-state index in [0.717, 1.165) is 12.8 Å². The molecule has 0 aliphatic carbocycles. The molecular formula is C17H27NO4. The van der Waals surface area contributed by atoms with Crippen LogP contribution in [0.2, 0.25) is 0 Å². The van der Waals surface area contributed by atoms with Crippen molar-refractivity contribution in [2.45, 2.75) is 31.8 Å². The Hall–Kier alpha value is -1.72. The van der Waals surface area contributed by atoms with E-state index < -0.39 is 23.8 Å². The number of likely N-dealkylation sites (N-methyl/N-ethyl adjacent to an activating group) is 1. The van der Waals surface area contributed by atoms with Gasteiger partial charge in [-0.2, -0.15) is 0 Å². The summed E-state index contributed by atoms with van der Waals surface area (Å²) in [5, 5.41) is 21.2. The van der Waals surface area contributed by atoms with Crippen LogP contribution in [0.4, 0.5) is 0 Å². The average molecular weight is 309 g/mol. The van der Waals surface area contributed by atoms with E-state index in [9.17, 15) is 19.8 Å². The highest BCUT2D eigenvalue weighted by Crippen LogP contribution is 2.16. The van der Waals surface area contributed by atoms with E-state index >= 15 is 0 Å². The maximum Gasteiger partial charge on any atom is 0.193 e. The fraction of sp³-hybridized carbons (Fsp3) is 0.529. The summed E-state index contributed by atoms with van der Waals surface area (Å²) in [5.41, 5.74) is -1.96. The monoisotopic (exact) mass is 309 g/mol. The highest BCUT2D eigenvalue weighted by atomic mass is 16.4. The van der Waals surface area contributed by atoms with Gasteiger partial charge in [-0.05, 0) is 12.5 Å². The van der Waals surface area contributed by atoms with Gasteiger partial charge in [0.2, 0.25) is 0 Å². The number of carboxylic acids is 1. The molecule has 0 aliphatic heterocycles. The lowest BCUT2D eigenvalue weighted by Crippen LogP contribution is -2.55. The second-order valence-electron chi connectivity index (χ2n) is 6.35. The number of rotatable bonds is 10.